The maximum absolute atomic E-state index is 11.8. The summed E-state index contributed by atoms with van der Waals surface area (Å²) in [7, 11) is 0. The first kappa shape index (κ1) is 12.1. The van der Waals surface area contributed by atoms with Crippen LogP contribution in [0.4, 0.5) is 0 Å². The van der Waals surface area contributed by atoms with E-state index in [1.807, 2.05) is 0 Å². The highest BCUT2D eigenvalue weighted by Crippen LogP contribution is 2.14. The molecule has 0 aliphatic carbocycles. The third-order valence-electron chi connectivity index (χ3n) is 1.92. The van der Waals surface area contributed by atoms with Gasteiger partial charge in [-0.05, 0) is 22.9 Å². The van der Waals surface area contributed by atoms with Gasteiger partial charge < -0.3 is 5.11 Å². The van der Waals surface area contributed by atoms with Crippen molar-refractivity contribution >= 4 is 39.4 Å². The van der Waals surface area contributed by atoms with E-state index in [2.05, 4.69) is 31.0 Å². The molecule has 0 saturated heterocycles. The molecule has 0 fully saturated rings. The van der Waals surface area contributed by atoms with Crippen molar-refractivity contribution in [3.05, 3.63) is 20.5 Å². The molecule has 0 aliphatic rings. The lowest BCUT2D eigenvalue weighted by Gasteiger charge is -1.95. The topological polar surface area (TPSA) is 100 Å². The van der Waals surface area contributed by atoms with E-state index in [0.29, 0.717) is 15.3 Å². The van der Waals surface area contributed by atoms with Crippen LogP contribution in [0.5, 0.6) is 0 Å². The molecule has 0 atom stereocenters. The Morgan fingerprint density at radius 1 is 1.59 bits per heavy atom. The van der Waals surface area contributed by atoms with Crippen LogP contribution in [-0.4, -0.2) is 36.4 Å². The van der Waals surface area contributed by atoms with E-state index in [-0.39, 0.29) is 17.1 Å². The average Bonchev–Trinajstić information content (AvgIpc) is 2.66. The summed E-state index contributed by atoms with van der Waals surface area (Å²) >= 11 is 4.12. The predicted octanol–water partition coefficient (Wildman–Crippen LogP) is 0.665. The van der Waals surface area contributed by atoms with Crippen LogP contribution in [0.15, 0.2) is 14.4 Å². The average molecular weight is 319 g/mol. The number of nitrogens with zero attached hydrogens (tertiary/aromatic N) is 3. The number of nitrogens with one attached hydrogen (secondary N) is 1. The Morgan fingerprint density at radius 3 is 2.94 bits per heavy atom. The molecular weight excluding hydrogens is 312 g/mol. The Hall–Kier alpha value is -1.35. The van der Waals surface area contributed by atoms with Crippen molar-refractivity contribution in [3.8, 4) is 0 Å². The molecule has 0 saturated carbocycles. The number of fused-ring (bicyclic) bond motifs is 1. The molecule has 90 valence electrons. The van der Waals surface area contributed by atoms with Crippen molar-refractivity contribution in [1.82, 2.24) is 19.6 Å². The van der Waals surface area contributed by atoms with E-state index < -0.39 is 5.97 Å². The molecule has 2 rings (SSSR count). The molecule has 17 heavy (non-hydrogen) atoms. The number of hydrogen-bond donors (Lipinski definition) is 2. The maximum atomic E-state index is 11.8. The fraction of sp³-hybridized carbons (Fsp3) is 0.250. The second-order valence-corrected chi connectivity index (χ2v) is 4.92. The molecule has 0 spiro atoms. The van der Waals surface area contributed by atoms with Gasteiger partial charge in [0.05, 0.1) is 11.4 Å². The molecule has 2 heterocycles. The molecule has 7 nitrogen and oxygen atoms in total. The molecule has 0 radical (unpaired) electrons. The Balaban J connectivity index is 2.47. The van der Waals surface area contributed by atoms with Gasteiger partial charge in [0.15, 0.2) is 5.16 Å². The summed E-state index contributed by atoms with van der Waals surface area (Å²) in [5, 5.41) is 11.6. The summed E-state index contributed by atoms with van der Waals surface area (Å²) in [6, 6.07) is 0. The maximum Gasteiger partial charge on any atom is 0.313 e. The van der Waals surface area contributed by atoms with Crippen molar-refractivity contribution in [2.75, 3.05) is 5.75 Å². The monoisotopic (exact) mass is 318 g/mol. The number of aliphatic carboxylic acids is 1. The Morgan fingerprint density at radius 2 is 2.29 bits per heavy atom. The minimum Gasteiger partial charge on any atom is -0.481 e. The van der Waals surface area contributed by atoms with E-state index >= 15 is 0 Å². The highest BCUT2D eigenvalue weighted by molar-refractivity contribution is 9.10. The fourth-order valence-corrected chi connectivity index (χ4v) is 2.00. The van der Waals surface area contributed by atoms with Gasteiger partial charge in [0, 0.05) is 0 Å². The van der Waals surface area contributed by atoms with Gasteiger partial charge in [-0.1, -0.05) is 11.8 Å². The van der Waals surface area contributed by atoms with Crippen LogP contribution < -0.4 is 5.56 Å². The van der Waals surface area contributed by atoms with Crippen LogP contribution in [0.2, 0.25) is 0 Å². The van der Waals surface area contributed by atoms with Gasteiger partial charge in [0.25, 0.3) is 11.3 Å². The van der Waals surface area contributed by atoms with Crippen LogP contribution in [0.25, 0.3) is 5.78 Å². The molecule has 0 amide bonds. The van der Waals surface area contributed by atoms with E-state index in [1.54, 1.807) is 6.92 Å². The van der Waals surface area contributed by atoms with Crippen LogP contribution in [0.1, 0.15) is 5.69 Å². The van der Waals surface area contributed by atoms with E-state index in [4.69, 9.17) is 5.11 Å². The zero-order valence-electron chi connectivity index (χ0n) is 8.60. The third kappa shape index (κ3) is 2.34. The van der Waals surface area contributed by atoms with E-state index in [0.717, 1.165) is 11.8 Å². The quantitative estimate of drug-likeness (QED) is 0.806. The lowest BCUT2D eigenvalue weighted by Crippen LogP contribution is -2.17. The summed E-state index contributed by atoms with van der Waals surface area (Å²) in [4.78, 5) is 30.3. The van der Waals surface area contributed by atoms with Crippen molar-refractivity contribution < 1.29 is 9.90 Å². The van der Waals surface area contributed by atoms with Crippen LogP contribution >= 0.6 is 27.7 Å². The zero-order chi connectivity index (χ0) is 12.6. The molecule has 2 aromatic rings. The van der Waals surface area contributed by atoms with Crippen LogP contribution in [-0.2, 0) is 4.79 Å². The first-order valence-corrected chi connectivity index (χ1v) is 6.26. The molecule has 2 aromatic heterocycles. The van der Waals surface area contributed by atoms with Crippen molar-refractivity contribution in [2.24, 2.45) is 0 Å². The number of H-pyrrole nitrogens is 1. The molecular formula is C8H7BrN4O3S. The van der Waals surface area contributed by atoms with Crippen molar-refractivity contribution in [2.45, 2.75) is 12.1 Å². The first-order chi connectivity index (χ1) is 7.99. The Labute approximate surface area is 107 Å². The summed E-state index contributed by atoms with van der Waals surface area (Å²) in [6.45, 7) is 1.68. The number of rotatable bonds is 3. The molecule has 9 heteroatoms. The number of carbonyl (C=O) groups is 1. The molecule has 0 unspecified atom stereocenters. The minimum atomic E-state index is -0.951. The largest absolute Gasteiger partial charge is 0.481 e. The number of hydrogen-bond acceptors (Lipinski definition) is 5. The number of aromatic nitrogens is 4. The van der Waals surface area contributed by atoms with Gasteiger partial charge in [-0.2, -0.15) is 9.50 Å². The van der Waals surface area contributed by atoms with Gasteiger partial charge in [0.1, 0.15) is 4.47 Å². The van der Waals surface area contributed by atoms with Gasteiger partial charge in [0.2, 0.25) is 0 Å². The Bertz CT molecular complexity index is 650. The molecule has 0 aromatic carbocycles. The van der Waals surface area contributed by atoms with Gasteiger partial charge in [-0.25, -0.2) is 4.98 Å². The second kappa shape index (κ2) is 4.49. The van der Waals surface area contributed by atoms with Crippen LogP contribution in [0.3, 0.4) is 0 Å². The fourth-order valence-electron chi connectivity index (χ4n) is 1.17. The molecule has 0 bridgehead atoms. The smallest absolute Gasteiger partial charge is 0.313 e. The first-order valence-electron chi connectivity index (χ1n) is 4.48. The second-order valence-electron chi connectivity index (χ2n) is 3.16. The Kier molecular flexibility index (Phi) is 3.20. The zero-order valence-corrected chi connectivity index (χ0v) is 11.0. The number of carboxylic acid groups (broad SMARTS) is 1. The van der Waals surface area contributed by atoms with Gasteiger partial charge >= 0.3 is 5.97 Å². The van der Waals surface area contributed by atoms with Gasteiger partial charge in [-0.15, -0.1) is 0 Å². The number of halogens is 1. The van der Waals surface area contributed by atoms with Crippen molar-refractivity contribution in [1.29, 1.82) is 0 Å². The third-order valence-corrected chi connectivity index (χ3v) is 3.68. The lowest BCUT2D eigenvalue weighted by atomic mass is 10.4. The summed E-state index contributed by atoms with van der Waals surface area (Å²) in [5.41, 5.74) is 0.235. The standard InChI is InChI=1S/C8H7BrN4O3S/c1-3-5(9)6(16)13-7(10-3)11-8(12-13)17-2-4(14)15/h2H2,1H3,(H,14,15)(H,10,11,12). The highest BCUT2D eigenvalue weighted by atomic mass is 79.9. The highest BCUT2D eigenvalue weighted by Gasteiger charge is 2.11. The van der Waals surface area contributed by atoms with Crippen molar-refractivity contribution in [3.63, 3.8) is 0 Å². The molecule has 0 aliphatic heterocycles. The number of thioether (sulfide) groups is 1. The minimum absolute atomic E-state index is 0.130. The van der Waals surface area contributed by atoms with Gasteiger partial charge in [-0.3, -0.25) is 14.7 Å². The lowest BCUT2D eigenvalue weighted by molar-refractivity contribution is -0.133. The normalized spacial score (nSPS) is 10.9. The number of carboxylic acids is 1. The molecule has 2 N–H and O–H groups in total. The summed E-state index contributed by atoms with van der Waals surface area (Å²) in [6.07, 6.45) is 0. The van der Waals surface area contributed by atoms with E-state index in [1.165, 1.54) is 4.52 Å². The predicted molar refractivity (Wildman–Crippen MR) is 64.4 cm³/mol. The summed E-state index contributed by atoms with van der Waals surface area (Å²) in [5.74, 6) is -0.856. The number of aromatic amines is 1. The van der Waals surface area contributed by atoms with Crippen LogP contribution in [0, 0.1) is 6.92 Å². The van der Waals surface area contributed by atoms with E-state index in [9.17, 15) is 9.59 Å². The number of aryl methyl sites for hydroxylation is 1. The SMILES string of the molecule is Cc1nc2nc(SCC(=O)O)[nH]n2c(=O)c1Br. The summed E-state index contributed by atoms with van der Waals surface area (Å²) < 4.78 is 1.52.